The number of aryl methyl sites for hydroxylation is 1. The van der Waals surface area contributed by atoms with Crippen LogP contribution in [-0.4, -0.2) is 27.9 Å². The molecule has 0 unspecified atom stereocenters. The van der Waals surface area contributed by atoms with Crippen LogP contribution in [-0.2, 0) is 12.3 Å². The van der Waals surface area contributed by atoms with Gasteiger partial charge in [0.2, 0.25) is 0 Å². The van der Waals surface area contributed by atoms with Crippen LogP contribution in [0.25, 0.3) is 5.69 Å². The van der Waals surface area contributed by atoms with E-state index in [4.69, 9.17) is 4.74 Å². The first-order chi connectivity index (χ1) is 18.8. The minimum absolute atomic E-state index is 0.229. The average Bonchev–Trinajstić information content (AvgIpc) is 3.33. The molecule has 0 saturated carbocycles. The highest BCUT2D eigenvalue weighted by Gasteiger charge is 2.18. The largest absolute Gasteiger partial charge is 0.497 e. The zero-order valence-electron chi connectivity index (χ0n) is 23.5. The predicted molar refractivity (Wildman–Crippen MR) is 159 cm³/mol. The number of ether oxygens (including phenoxy) is 1. The van der Waals surface area contributed by atoms with Crippen molar-refractivity contribution in [2.24, 2.45) is 0 Å². The van der Waals surface area contributed by atoms with Gasteiger partial charge in [-0.3, -0.25) is 4.57 Å². The highest BCUT2D eigenvalue weighted by molar-refractivity contribution is 7.98. The van der Waals surface area contributed by atoms with E-state index in [1.807, 2.05) is 34.9 Å². The lowest BCUT2D eigenvalue weighted by molar-refractivity contribution is 0.251. The second kappa shape index (κ2) is 12.8. The van der Waals surface area contributed by atoms with Crippen LogP contribution in [0.1, 0.15) is 67.6 Å². The molecule has 2 N–H and O–H groups in total. The van der Waals surface area contributed by atoms with Crippen LogP contribution in [0, 0.1) is 6.92 Å². The summed E-state index contributed by atoms with van der Waals surface area (Å²) in [5.74, 6) is 2.76. The first-order valence-electron chi connectivity index (χ1n) is 13.2. The number of hydrogen-bond acceptors (Lipinski definition) is 5. The SMILES string of the molecule is COc1cccc(CSc2nnc(CNC(=O)Nc3c(C(C)C)cccc3C(C)C)n2-c2ccc(C)cc2)c1. The summed E-state index contributed by atoms with van der Waals surface area (Å²) in [6.45, 7) is 10.8. The molecule has 3 aromatic carbocycles. The van der Waals surface area contributed by atoms with E-state index >= 15 is 0 Å². The van der Waals surface area contributed by atoms with Gasteiger partial charge in [0.1, 0.15) is 5.75 Å². The maximum absolute atomic E-state index is 13.1. The molecule has 4 rings (SSSR count). The molecule has 0 atom stereocenters. The summed E-state index contributed by atoms with van der Waals surface area (Å²) in [5, 5.41) is 15.8. The predicted octanol–water partition coefficient (Wildman–Crippen LogP) is 7.45. The fraction of sp³-hybridized carbons (Fsp3) is 0.323. The maximum Gasteiger partial charge on any atom is 0.319 e. The number of thioether (sulfide) groups is 1. The van der Waals surface area contributed by atoms with Crippen molar-refractivity contribution in [2.45, 2.75) is 63.9 Å². The maximum atomic E-state index is 13.1. The van der Waals surface area contributed by atoms with E-state index in [9.17, 15) is 4.79 Å². The quantitative estimate of drug-likeness (QED) is 0.203. The van der Waals surface area contributed by atoms with Crippen molar-refractivity contribution in [3.05, 3.63) is 94.8 Å². The number of nitrogens with one attached hydrogen (secondary N) is 2. The van der Waals surface area contributed by atoms with E-state index in [1.54, 1.807) is 18.9 Å². The van der Waals surface area contributed by atoms with Gasteiger partial charge in [0.15, 0.2) is 11.0 Å². The van der Waals surface area contributed by atoms with E-state index in [1.165, 1.54) is 5.56 Å². The molecule has 0 aliphatic heterocycles. The van der Waals surface area contributed by atoms with Crippen LogP contribution in [0.2, 0.25) is 0 Å². The molecular formula is C31H37N5O2S. The van der Waals surface area contributed by atoms with Gasteiger partial charge in [-0.2, -0.15) is 0 Å². The number of nitrogens with zero attached hydrogens (tertiary/aromatic N) is 3. The molecule has 0 bridgehead atoms. The Morgan fingerprint density at radius 2 is 1.62 bits per heavy atom. The Kier molecular flexibility index (Phi) is 9.30. The van der Waals surface area contributed by atoms with Gasteiger partial charge in [-0.1, -0.05) is 87.5 Å². The van der Waals surface area contributed by atoms with Crippen molar-refractivity contribution in [1.29, 1.82) is 0 Å². The number of anilines is 1. The molecule has 0 aliphatic carbocycles. The smallest absolute Gasteiger partial charge is 0.319 e. The standard InChI is InChI=1S/C31H37N5O2S/c1-20(2)26-11-8-12-27(21(3)4)29(26)33-30(37)32-18-28-34-35-31(36(28)24-15-13-22(5)14-16-24)39-19-23-9-7-10-25(17-23)38-6/h7-17,20-21H,18-19H2,1-6H3,(H2,32,33,37). The molecule has 39 heavy (non-hydrogen) atoms. The average molecular weight is 544 g/mol. The Hall–Kier alpha value is -3.78. The lowest BCUT2D eigenvalue weighted by Crippen LogP contribution is -2.30. The Morgan fingerprint density at radius 1 is 0.949 bits per heavy atom. The van der Waals surface area contributed by atoms with Crippen LogP contribution in [0.3, 0.4) is 0 Å². The Bertz CT molecular complexity index is 1390. The number of benzene rings is 3. The van der Waals surface area contributed by atoms with E-state index in [0.717, 1.165) is 39.0 Å². The van der Waals surface area contributed by atoms with Gasteiger partial charge in [-0.25, -0.2) is 4.79 Å². The molecule has 0 radical (unpaired) electrons. The van der Waals surface area contributed by atoms with Crippen LogP contribution in [0.4, 0.5) is 10.5 Å². The van der Waals surface area contributed by atoms with Gasteiger partial charge in [-0.05, 0) is 59.7 Å². The monoisotopic (exact) mass is 543 g/mol. The van der Waals surface area contributed by atoms with Crippen molar-refractivity contribution >= 4 is 23.5 Å². The molecular weight excluding hydrogens is 506 g/mol. The third kappa shape index (κ3) is 7.00. The molecule has 2 amide bonds. The van der Waals surface area contributed by atoms with Gasteiger partial charge in [0.25, 0.3) is 0 Å². The highest BCUT2D eigenvalue weighted by atomic mass is 32.2. The molecule has 1 heterocycles. The van der Waals surface area contributed by atoms with Gasteiger partial charge < -0.3 is 15.4 Å². The highest BCUT2D eigenvalue weighted by Crippen LogP contribution is 2.32. The number of para-hydroxylation sites is 1. The minimum atomic E-state index is -0.269. The van der Waals surface area contributed by atoms with Gasteiger partial charge in [0, 0.05) is 17.1 Å². The third-order valence-electron chi connectivity index (χ3n) is 6.51. The summed E-state index contributed by atoms with van der Waals surface area (Å²) < 4.78 is 7.37. The lowest BCUT2D eigenvalue weighted by Gasteiger charge is -2.20. The molecule has 0 saturated heterocycles. The lowest BCUT2D eigenvalue weighted by atomic mass is 9.93. The van der Waals surface area contributed by atoms with Crippen molar-refractivity contribution < 1.29 is 9.53 Å². The summed E-state index contributed by atoms with van der Waals surface area (Å²) in [4.78, 5) is 13.1. The topological polar surface area (TPSA) is 81.1 Å². The number of aromatic nitrogens is 3. The molecule has 204 valence electrons. The number of carbonyl (C=O) groups is 1. The first kappa shape index (κ1) is 28.2. The first-order valence-corrected chi connectivity index (χ1v) is 14.2. The van der Waals surface area contributed by atoms with Crippen LogP contribution >= 0.6 is 11.8 Å². The Morgan fingerprint density at radius 3 is 2.26 bits per heavy atom. The van der Waals surface area contributed by atoms with E-state index in [0.29, 0.717) is 11.6 Å². The second-order valence-corrected chi connectivity index (χ2v) is 11.1. The Balaban J connectivity index is 1.55. The fourth-order valence-corrected chi connectivity index (χ4v) is 5.30. The number of urea groups is 1. The molecule has 0 aliphatic rings. The van der Waals surface area contributed by atoms with Crippen LogP contribution in [0.5, 0.6) is 5.75 Å². The molecule has 4 aromatic rings. The molecule has 0 spiro atoms. The number of hydrogen-bond donors (Lipinski definition) is 2. The normalized spacial score (nSPS) is 11.2. The van der Waals surface area contributed by atoms with Crippen LogP contribution < -0.4 is 15.4 Å². The second-order valence-electron chi connectivity index (χ2n) is 10.1. The number of carbonyl (C=O) groups excluding carboxylic acids is 1. The third-order valence-corrected chi connectivity index (χ3v) is 7.51. The minimum Gasteiger partial charge on any atom is -0.497 e. The molecule has 7 nitrogen and oxygen atoms in total. The van der Waals surface area contributed by atoms with E-state index < -0.39 is 0 Å². The summed E-state index contributed by atoms with van der Waals surface area (Å²) in [6, 6.07) is 22.2. The van der Waals surface area contributed by atoms with E-state index in [-0.39, 0.29) is 24.4 Å². The molecule has 1 aromatic heterocycles. The summed E-state index contributed by atoms with van der Waals surface area (Å²) >= 11 is 1.59. The van der Waals surface area contributed by atoms with Crippen LogP contribution in [0.15, 0.2) is 71.9 Å². The number of amides is 2. The van der Waals surface area contributed by atoms with Crippen molar-refractivity contribution in [2.75, 3.05) is 12.4 Å². The fourth-order valence-electron chi connectivity index (χ4n) is 4.38. The van der Waals surface area contributed by atoms with Crippen molar-refractivity contribution in [3.8, 4) is 11.4 Å². The van der Waals surface area contributed by atoms with Crippen molar-refractivity contribution in [1.82, 2.24) is 20.1 Å². The van der Waals surface area contributed by atoms with Gasteiger partial charge in [0.05, 0.1) is 13.7 Å². The van der Waals surface area contributed by atoms with Crippen molar-refractivity contribution in [3.63, 3.8) is 0 Å². The summed E-state index contributed by atoms with van der Waals surface area (Å²) in [5.41, 5.74) is 6.37. The van der Waals surface area contributed by atoms with Gasteiger partial charge in [-0.15, -0.1) is 10.2 Å². The number of rotatable bonds is 10. The summed E-state index contributed by atoms with van der Waals surface area (Å²) in [7, 11) is 1.67. The molecule has 8 heteroatoms. The summed E-state index contributed by atoms with van der Waals surface area (Å²) in [6.07, 6.45) is 0. The number of methoxy groups -OCH3 is 1. The zero-order chi connectivity index (χ0) is 27.9. The zero-order valence-corrected chi connectivity index (χ0v) is 24.3. The Labute approximate surface area is 235 Å². The molecule has 0 fully saturated rings. The van der Waals surface area contributed by atoms with Gasteiger partial charge >= 0.3 is 6.03 Å². The van der Waals surface area contributed by atoms with E-state index in [2.05, 4.69) is 91.8 Å².